The molecular weight excluding hydrogens is 511 g/mol. The van der Waals surface area contributed by atoms with E-state index in [4.69, 9.17) is 9.15 Å². The summed E-state index contributed by atoms with van der Waals surface area (Å²) >= 11 is 1.06. The van der Waals surface area contributed by atoms with Gasteiger partial charge in [-0.1, -0.05) is 56.2 Å². The van der Waals surface area contributed by atoms with Gasteiger partial charge in [-0.3, -0.25) is 4.79 Å². The Morgan fingerprint density at radius 2 is 1.83 bits per heavy atom. The highest BCUT2D eigenvalue weighted by atomic mass is 32.2. The minimum absolute atomic E-state index is 0.0135. The molecule has 0 spiro atoms. The molecule has 3 aromatic rings. The van der Waals surface area contributed by atoms with Crippen LogP contribution in [-0.2, 0) is 4.79 Å². The number of benzene rings is 1. The summed E-state index contributed by atoms with van der Waals surface area (Å²) in [6.45, 7) is 3.93. The molecule has 3 rings (SSSR count). The lowest BCUT2D eigenvalue weighted by molar-refractivity contribution is -0.107. The number of halogens is 3. The predicted molar refractivity (Wildman–Crippen MR) is 138 cm³/mol. The Balaban J connectivity index is 1.49. The maximum absolute atomic E-state index is 12.7. The van der Waals surface area contributed by atoms with Crippen molar-refractivity contribution in [2.75, 3.05) is 12.4 Å². The number of hydrogen-bond acceptors (Lipinski definition) is 7. The van der Waals surface area contributed by atoms with Crippen LogP contribution in [0.15, 0.2) is 69.4 Å². The summed E-state index contributed by atoms with van der Waals surface area (Å²) in [6.07, 6.45) is 8.99. The zero-order valence-electron chi connectivity index (χ0n) is 19.5. The van der Waals surface area contributed by atoms with Crippen LogP contribution >= 0.6 is 23.5 Å². The van der Waals surface area contributed by atoms with Crippen molar-refractivity contribution in [2.24, 2.45) is 0 Å². The molecule has 0 aliphatic carbocycles. The Kier molecular flexibility index (Phi) is 10.5. The molecule has 0 aliphatic rings. The molecule has 0 N–H and O–H groups in total. The minimum Gasteiger partial charge on any atom is -0.478 e. The molecule has 0 unspecified atom stereocenters. The summed E-state index contributed by atoms with van der Waals surface area (Å²) in [7, 11) is 0. The average molecular weight is 538 g/mol. The van der Waals surface area contributed by atoms with Gasteiger partial charge < -0.3 is 9.15 Å². The molecule has 2 heterocycles. The van der Waals surface area contributed by atoms with Gasteiger partial charge in [0.15, 0.2) is 0 Å². The third kappa shape index (κ3) is 9.05. The highest BCUT2D eigenvalue weighted by molar-refractivity contribution is 8.14. The number of carbonyl (C=O) groups excluding carboxylic acids is 1. The number of thioether (sulfide) groups is 2. The van der Waals surface area contributed by atoms with Crippen LogP contribution in [0, 0.1) is 0 Å². The number of nitrogens with zero attached hydrogens (tertiary/aromatic N) is 1. The standard InChI is InChI=1S/C26H26F3NO4S2/c1-2-24(31)35-13-8-6-4-3-5-7-12-33-23-16-22-19(17-30-23)15-21(25(32)34-22)18-10-9-11-20(14-18)36-26(27,28)29/h2,9-11,14-17H,1,3-8,12-13H2. The van der Waals surface area contributed by atoms with E-state index < -0.39 is 11.1 Å². The second-order valence-corrected chi connectivity index (χ2v) is 10.2. The zero-order chi connectivity index (χ0) is 26.0. The van der Waals surface area contributed by atoms with Crippen LogP contribution in [0.25, 0.3) is 22.1 Å². The van der Waals surface area contributed by atoms with Crippen molar-refractivity contribution in [3.05, 3.63) is 65.7 Å². The first-order valence-electron chi connectivity index (χ1n) is 11.5. The largest absolute Gasteiger partial charge is 0.478 e. The molecule has 36 heavy (non-hydrogen) atoms. The molecule has 0 fully saturated rings. The van der Waals surface area contributed by atoms with Crippen LogP contribution in [0.3, 0.4) is 0 Å². The van der Waals surface area contributed by atoms with Gasteiger partial charge >= 0.3 is 11.1 Å². The molecule has 192 valence electrons. The number of pyridine rings is 1. The number of rotatable bonds is 13. The highest BCUT2D eigenvalue weighted by Crippen LogP contribution is 2.38. The van der Waals surface area contributed by atoms with Crippen molar-refractivity contribution in [1.29, 1.82) is 0 Å². The number of fused-ring (bicyclic) bond motifs is 1. The summed E-state index contributed by atoms with van der Waals surface area (Å²) in [6, 6.07) is 8.77. The van der Waals surface area contributed by atoms with Gasteiger partial charge in [-0.25, -0.2) is 9.78 Å². The topological polar surface area (TPSA) is 69.4 Å². The Labute approximate surface area is 215 Å². The summed E-state index contributed by atoms with van der Waals surface area (Å²) in [4.78, 5) is 27.9. The Morgan fingerprint density at radius 1 is 1.08 bits per heavy atom. The monoisotopic (exact) mass is 537 g/mol. The SMILES string of the molecule is C=CC(=O)SCCCCCCCCOc1cc2oc(=O)c(-c3cccc(SC(F)(F)F)c3)cc2cn1. The van der Waals surface area contributed by atoms with Gasteiger partial charge in [-0.05, 0) is 54.4 Å². The van der Waals surface area contributed by atoms with Crippen LogP contribution in [0.5, 0.6) is 5.88 Å². The van der Waals surface area contributed by atoms with Gasteiger partial charge in [0.2, 0.25) is 11.0 Å². The van der Waals surface area contributed by atoms with E-state index in [0.717, 1.165) is 44.3 Å². The van der Waals surface area contributed by atoms with E-state index >= 15 is 0 Å². The molecule has 0 atom stereocenters. The predicted octanol–water partition coefficient (Wildman–Crippen LogP) is 7.63. The lowest BCUT2D eigenvalue weighted by atomic mass is 10.1. The van der Waals surface area contributed by atoms with Crippen LogP contribution in [0.4, 0.5) is 13.2 Å². The second-order valence-electron chi connectivity index (χ2n) is 7.92. The number of unbranched alkanes of at least 4 members (excludes halogenated alkanes) is 5. The first kappa shape index (κ1) is 27.9. The van der Waals surface area contributed by atoms with Crippen LogP contribution in [0.1, 0.15) is 38.5 Å². The molecule has 0 saturated carbocycles. The summed E-state index contributed by atoms with van der Waals surface area (Å²) in [5, 5.41) is 0.557. The van der Waals surface area contributed by atoms with Crippen LogP contribution < -0.4 is 10.4 Å². The van der Waals surface area contributed by atoms with E-state index in [0.29, 0.717) is 29.0 Å². The lowest BCUT2D eigenvalue weighted by Crippen LogP contribution is -2.04. The third-order valence-corrected chi connectivity index (χ3v) is 6.84. The van der Waals surface area contributed by atoms with Crippen molar-refractivity contribution >= 4 is 39.6 Å². The van der Waals surface area contributed by atoms with Crippen molar-refractivity contribution in [3.63, 3.8) is 0 Å². The van der Waals surface area contributed by atoms with Gasteiger partial charge in [0.05, 0.1) is 12.2 Å². The molecule has 0 aliphatic heterocycles. The molecule has 2 aromatic heterocycles. The van der Waals surface area contributed by atoms with E-state index in [1.807, 2.05) is 0 Å². The van der Waals surface area contributed by atoms with E-state index in [1.54, 1.807) is 18.2 Å². The second kappa shape index (κ2) is 13.5. The molecule has 5 nitrogen and oxygen atoms in total. The van der Waals surface area contributed by atoms with E-state index in [1.165, 1.54) is 42.2 Å². The van der Waals surface area contributed by atoms with Crippen molar-refractivity contribution in [3.8, 4) is 17.0 Å². The van der Waals surface area contributed by atoms with Crippen molar-refractivity contribution in [2.45, 2.75) is 48.9 Å². The van der Waals surface area contributed by atoms with Crippen molar-refractivity contribution in [1.82, 2.24) is 4.98 Å². The lowest BCUT2D eigenvalue weighted by Gasteiger charge is -2.08. The van der Waals surface area contributed by atoms with E-state index in [2.05, 4.69) is 11.6 Å². The smallest absolute Gasteiger partial charge is 0.446 e. The third-order valence-electron chi connectivity index (χ3n) is 5.17. The number of aromatic nitrogens is 1. The highest BCUT2D eigenvalue weighted by Gasteiger charge is 2.29. The summed E-state index contributed by atoms with van der Waals surface area (Å²) in [5.41, 5.74) is -4.28. The summed E-state index contributed by atoms with van der Waals surface area (Å²) in [5.74, 6) is 1.16. The van der Waals surface area contributed by atoms with Gasteiger partial charge in [0, 0.05) is 28.3 Å². The minimum atomic E-state index is -4.42. The van der Waals surface area contributed by atoms with Gasteiger partial charge in [0.25, 0.3) is 0 Å². The zero-order valence-corrected chi connectivity index (χ0v) is 21.1. The maximum Gasteiger partial charge on any atom is 0.446 e. The summed E-state index contributed by atoms with van der Waals surface area (Å²) < 4.78 is 49.2. The first-order chi connectivity index (χ1) is 17.2. The van der Waals surface area contributed by atoms with E-state index in [-0.39, 0.29) is 27.3 Å². The average Bonchev–Trinajstić information content (AvgIpc) is 2.83. The Morgan fingerprint density at radius 3 is 2.58 bits per heavy atom. The molecule has 10 heteroatoms. The van der Waals surface area contributed by atoms with Gasteiger partial charge in [-0.15, -0.1) is 0 Å². The van der Waals surface area contributed by atoms with Crippen LogP contribution in [-0.4, -0.2) is 28.0 Å². The number of hydrogen-bond donors (Lipinski definition) is 0. The maximum atomic E-state index is 12.7. The normalized spacial score (nSPS) is 11.5. The fourth-order valence-corrected chi connectivity index (χ4v) is 4.72. The Bertz CT molecular complexity index is 1240. The quantitative estimate of drug-likeness (QED) is 0.126. The molecule has 0 bridgehead atoms. The number of carbonyl (C=O) groups is 1. The van der Waals surface area contributed by atoms with Gasteiger partial charge in [-0.2, -0.15) is 13.2 Å². The Hall–Kier alpha value is -2.72. The van der Waals surface area contributed by atoms with Crippen LogP contribution in [0.2, 0.25) is 0 Å². The fraction of sp³-hybridized carbons (Fsp3) is 0.346. The molecular formula is C26H26F3NO4S2. The number of ether oxygens (including phenoxy) is 1. The molecule has 0 radical (unpaired) electrons. The number of alkyl halides is 3. The molecule has 0 amide bonds. The fourth-order valence-electron chi connectivity index (χ4n) is 3.46. The molecule has 1 aromatic carbocycles. The first-order valence-corrected chi connectivity index (χ1v) is 13.3. The van der Waals surface area contributed by atoms with E-state index in [9.17, 15) is 22.8 Å². The van der Waals surface area contributed by atoms with Gasteiger partial charge in [0.1, 0.15) is 5.58 Å². The molecule has 0 saturated heterocycles. The van der Waals surface area contributed by atoms with Crippen molar-refractivity contribution < 1.29 is 27.1 Å².